The lowest BCUT2D eigenvalue weighted by Gasteiger charge is -2.18. The first-order valence-electron chi connectivity index (χ1n) is 8.08. The second kappa shape index (κ2) is 7.90. The molecule has 25 heavy (non-hydrogen) atoms. The lowest BCUT2D eigenvalue weighted by atomic mass is 9.88. The molecule has 0 saturated heterocycles. The fourth-order valence-electron chi connectivity index (χ4n) is 2.68. The number of anilines is 1. The highest BCUT2D eigenvalue weighted by molar-refractivity contribution is 7.15. The maximum Gasteiger partial charge on any atom is 0.221 e. The van der Waals surface area contributed by atoms with Crippen molar-refractivity contribution in [3.05, 3.63) is 76.3 Å². The van der Waals surface area contributed by atoms with E-state index in [1.54, 1.807) is 0 Å². The van der Waals surface area contributed by atoms with E-state index in [9.17, 15) is 4.79 Å². The predicted molar refractivity (Wildman–Crippen MR) is 100 cm³/mol. The van der Waals surface area contributed by atoms with E-state index in [1.807, 2.05) is 18.2 Å². The highest BCUT2D eigenvalue weighted by Gasteiger charge is 2.18. The summed E-state index contributed by atoms with van der Waals surface area (Å²) in [7, 11) is 0. The molecule has 1 aromatic heterocycles. The van der Waals surface area contributed by atoms with Crippen LogP contribution in [0.3, 0.4) is 0 Å². The van der Waals surface area contributed by atoms with Gasteiger partial charge in [-0.05, 0) is 18.1 Å². The average Bonchev–Trinajstić information content (AvgIpc) is 3.05. The smallest absolute Gasteiger partial charge is 0.221 e. The molecule has 5 nitrogen and oxygen atoms in total. The zero-order valence-electron chi connectivity index (χ0n) is 14.0. The average molecular weight is 352 g/mol. The third kappa shape index (κ3) is 4.64. The Hall–Kier alpha value is -2.73. The Labute approximate surface area is 150 Å². The monoisotopic (exact) mass is 352 g/mol. The normalized spacial score (nSPS) is 11.9. The maximum absolute atomic E-state index is 12.5. The summed E-state index contributed by atoms with van der Waals surface area (Å²) in [6.45, 7) is 2.41. The van der Waals surface area contributed by atoms with Crippen LogP contribution < -0.4 is 11.1 Å². The van der Waals surface area contributed by atoms with Gasteiger partial charge in [-0.25, -0.2) is 0 Å². The molecule has 0 spiro atoms. The van der Waals surface area contributed by atoms with E-state index in [0.717, 1.165) is 11.1 Å². The lowest BCUT2D eigenvalue weighted by molar-refractivity contribution is -0.121. The van der Waals surface area contributed by atoms with Crippen LogP contribution in [0.25, 0.3) is 0 Å². The Morgan fingerprint density at radius 3 is 2.40 bits per heavy atom. The summed E-state index contributed by atoms with van der Waals surface area (Å²) in [6, 6.07) is 18.4. The molecule has 0 radical (unpaired) electrons. The summed E-state index contributed by atoms with van der Waals surface area (Å²) < 4.78 is 0. The summed E-state index contributed by atoms with van der Waals surface area (Å²) in [5.74, 6) is -0.00973. The molecular formula is C19H20N4OS. The SMILES string of the molecule is Cc1ccc(C(CC(=O)NCc2nnc(N)s2)c2ccccc2)cc1. The number of rotatable bonds is 6. The van der Waals surface area contributed by atoms with E-state index in [0.29, 0.717) is 23.1 Å². The van der Waals surface area contributed by atoms with Crippen LogP contribution in [0, 0.1) is 6.92 Å². The van der Waals surface area contributed by atoms with Crippen LogP contribution in [-0.4, -0.2) is 16.1 Å². The molecule has 1 unspecified atom stereocenters. The minimum Gasteiger partial charge on any atom is -0.374 e. The number of hydrogen-bond donors (Lipinski definition) is 2. The first kappa shape index (κ1) is 17.1. The van der Waals surface area contributed by atoms with Crippen molar-refractivity contribution in [2.75, 3.05) is 5.73 Å². The maximum atomic E-state index is 12.5. The van der Waals surface area contributed by atoms with E-state index < -0.39 is 0 Å². The van der Waals surface area contributed by atoms with Gasteiger partial charge in [-0.15, -0.1) is 10.2 Å². The van der Waals surface area contributed by atoms with Crippen LogP contribution in [0.4, 0.5) is 5.13 Å². The van der Waals surface area contributed by atoms with Gasteiger partial charge in [0.05, 0.1) is 6.54 Å². The van der Waals surface area contributed by atoms with E-state index in [1.165, 1.54) is 16.9 Å². The number of benzene rings is 2. The zero-order chi connectivity index (χ0) is 17.6. The van der Waals surface area contributed by atoms with E-state index >= 15 is 0 Å². The molecule has 2 aromatic carbocycles. The highest BCUT2D eigenvalue weighted by Crippen LogP contribution is 2.28. The number of nitrogen functional groups attached to an aromatic ring is 1. The molecule has 0 fully saturated rings. The van der Waals surface area contributed by atoms with Gasteiger partial charge >= 0.3 is 0 Å². The number of nitrogens with one attached hydrogen (secondary N) is 1. The second-order valence-electron chi connectivity index (χ2n) is 5.89. The van der Waals surface area contributed by atoms with Crippen molar-refractivity contribution in [1.29, 1.82) is 0 Å². The van der Waals surface area contributed by atoms with Crippen LogP contribution in [0.2, 0.25) is 0 Å². The Bertz CT molecular complexity index is 830. The van der Waals surface area contributed by atoms with Crippen LogP contribution in [0.15, 0.2) is 54.6 Å². The highest BCUT2D eigenvalue weighted by atomic mass is 32.1. The van der Waals surface area contributed by atoms with Crippen molar-refractivity contribution in [1.82, 2.24) is 15.5 Å². The lowest BCUT2D eigenvalue weighted by Crippen LogP contribution is -2.25. The molecule has 0 aliphatic heterocycles. The number of carbonyl (C=O) groups excluding carboxylic acids is 1. The fraction of sp³-hybridized carbons (Fsp3) is 0.211. The number of hydrogen-bond acceptors (Lipinski definition) is 5. The third-order valence-electron chi connectivity index (χ3n) is 3.99. The zero-order valence-corrected chi connectivity index (χ0v) is 14.8. The number of nitrogens with zero attached hydrogens (tertiary/aromatic N) is 2. The standard InChI is InChI=1S/C19H20N4OS/c1-13-7-9-15(10-8-13)16(14-5-3-2-4-6-14)11-17(24)21-12-18-22-23-19(20)25-18/h2-10,16H,11-12H2,1H3,(H2,20,23)(H,21,24). The summed E-state index contributed by atoms with van der Waals surface area (Å²) in [5.41, 5.74) is 9.02. The van der Waals surface area contributed by atoms with Crippen molar-refractivity contribution in [2.45, 2.75) is 25.8 Å². The van der Waals surface area contributed by atoms with Crippen molar-refractivity contribution in [2.24, 2.45) is 0 Å². The summed E-state index contributed by atoms with van der Waals surface area (Å²) >= 11 is 1.28. The molecule has 3 N–H and O–H groups in total. The van der Waals surface area contributed by atoms with Crippen LogP contribution in [-0.2, 0) is 11.3 Å². The molecule has 3 rings (SSSR count). The molecule has 0 saturated carbocycles. The van der Waals surface area contributed by atoms with Crippen molar-refractivity contribution in [3.8, 4) is 0 Å². The van der Waals surface area contributed by atoms with Gasteiger partial charge in [-0.1, -0.05) is 71.5 Å². The summed E-state index contributed by atoms with van der Waals surface area (Å²) in [4.78, 5) is 12.5. The number of carbonyl (C=O) groups is 1. The van der Waals surface area contributed by atoms with E-state index in [-0.39, 0.29) is 11.8 Å². The molecule has 0 aliphatic carbocycles. The Balaban J connectivity index is 1.73. The molecule has 1 amide bonds. The first-order chi connectivity index (χ1) is 12.1. The second-order valence-corrected chi connectivity index (χ2v) is 6.98. The molecule has 1 heterocycles. The number of aromatic nitrogens is 2. The van der Waals surface area contributed by atoms with Gasteiger partial charge in [0.1, 0.15) is 5.01 Å². The quantitative estimate of drug-likeness (QED) is 0.713. The van der Waals surface area contributed by atoms with Gasteiger partial charge in [0.15, 0.2) is 0 Å². The van der Waals surface area contributed by atoms with Gasteiger partial charge in [0.25, 0.3) is 0 Å². The minimum atomic E-state index is -0.0248. The molecule has 3 aromatic rings. The van der Waals surface area contributed by atoms with Gasteiger partial charge < -0.3 is 11.1 Å². The Morgan fingerprint density at radius 2 is 1.76 bits per heavy atom. The molecule has 0 bridgehead atoms. The molecule has 1 atom stereocenters. The Kier molecular flexibility index (Phi) is 5.40. The molecule has 128 valence electrons. The summed E-state index contributed by atoms with van der Waals surface area (Å²) in [5, 5.41) is 11.7. The van der Waals surface area contributed by atoms with Crippen LogP contribution >= 0.6 is 11.3 Å². The van der Waals surface area contributed by atoms with Gasteiger partial charge in [0, 0.05) is 12.3 Å². The van der Waals surface area contributed by atoms with Crippen molar-refractivity contribution in [3.63, 3.8) is 0 Å². The van der Waals surface area contributed by atoms with E-state index in [4.69, 9.17) is 5.73 Å². The predicted octanol–water partition coefficient (Wildman–Crippen LogP) is 3.27. The summed E-state index contributed by atoms with van der Waals surface area (Å²) in [6.07, 6.45) is 0.376. The largest absolute Gasteiger partial charge is 0.374 e. The minimum absolute atomic E-state index is 0.0151. The van der Waals surface area contributed by atoms with Crippen molar-refractivity contribution >= 4 is 22.4 Å². The molecular weight excluding hydrogens is 332 g/mol. The molecule has 6 heteroatoms. The third-order valence-corrected chi connectivity index (χ3v) is 4.74. The number of amides is 1. The van der Waals surface area contributed by atoms with Crippen molar-refractivity contribution < 1.29 is 4.79 Å². The van der Waals surface area contributed by atoms with Gasteiger partial charge in [-0.2, -0.15) is 0 Å². The Morgan fingerprint density at radius 1 is 1.08 bits per heavy atom. The fourth-order valence-corrected chi connectivity index (χ4v) is 3.23. The van der Waals surface area contributed by atoms with Crippen LogP contribution in [0.1, 0.15) is 34.0 Å². The molecule has 0 aliphatic rings. The number of aryl methyl sites for hydroxylation is 1. The van der Waals surface area contributed by atoms with Crippen LogP contribution in [0.5, 0.6) is 0 Å². The van der Waals surface area contributed by atoms with E-state index in [2.05, 4.69) is 58.8 Å². The number of nitrogens with two attached hydrogens (primary N) is 1. The van der Waals surface area contributed by atoms with Gasteiger partial charge in [-0.3, -0.25) is 4.79 Å². The van der Waals surface area contributed by atoms with Gasteiger partial charge in [0.2, 0.25) is 11.0 Å². The topological polar surface area (TPSA) is 80.9 Å². The first-order valence-corrected chi connectivity index (χ1v) is 8.89.